The van der Waals surface area contributed by atoms with Crippen molar-refractivity contribution >= 4 is 45.6 Å². The van der Waals surface area contributed by atoms with Gasteiger partial charge in [0.25, 0.3) is 5.91 Å². The van der Waals surface area contributed by atoms with Crippen molar-refractivity contribution in [3.8, 4) is 17.2 Å². The Morgan fingerprint density at radius 3 is 2.52 bits per heavy atom. The van der Waals surface area contributed by atoms with Gasteiger partial charge in [0, 0.05) is 9.50 Å². The van der Waals surface area contributed by atoms with Gasteiger partial charge >= 0.3 is 5.97 Å². The van der Waals surface area contributed by atoms with Gasteiger partial charge < -0.3 is 14.2 Å². The Labute approximate surface area is 204 Å². The number of carbonyl (C=O) groups excluding carboxylic acids is 2. The van der Waals surface area contributed by atoms with Crippen LogP contribution in [-0.4, -0.2) is 31.3 Å². The van der Waals surface area contributed by atoms with E-state index in [0.29, 0.717) is 27.6 Å². The number of hydrogen-bond acceptors (Lipinski definition) is 6. The lowest BCUT2D eigenvalue weighted by atomic mass is 10.2. The Hall–Kier alpha value is -3.36. The van der Waals surface area contributed by atoms with Crippen LogP contribution < -0.4 is 19.6 Å². The third-order valence-electron chi connectivity index (χ3n) is 4.33. The molecule has 1 amide bonds. The molecule has 0 aliphatic rings. The van der Waals surface area contributed by atoms with E-state index in [0.717, 1.165) is 4.47 Å². The Morgan fingerprint density at radius 1 is 1.06 bits per heavy atom. The molecule has 9 heteroatoms. The maximum Gasteiger partial charge on any atom is 0.343 e. The van der Waals surface area contributed by atoms with Crippen LogP contribution in [0.4, 0.5) is 0 Å². The molecule has 170 valence electrons. The Balaban J connectivity index is 1.60. The normalized spacial score (nSPS) is 11.6. The molecule has 33 heavy (non-hydrogen) atoms. The highest BCUT2D eigenvalue weighted by atomic mass is 79.9. The van der Waals surface area contributed by atoms with Crippen LogP contribution in [-0.2, 0) is 4.79 Å². The van der Waals surface area contributed by atoms with Crippen LogP contribution in [0, 0.1) is 0 Å². The number of ether oxygens (including phenoxy) is 3. The smallest absolute Gasteiger partial charge is 0.343 e. The van der Waals surface area contributed by atoms with Gasteiger partial charge in [0.05, 0.1) is 18.9 Å². The van der Waals surface area contributed by atoms with Gasteiger partial charge in [-0.25, -0.2) is 10.2 Å². The van der Waals surface area contributed by atoms with E-state index in [1.807, 2.05) is 6.07 Å². The van der Waals surface area contributed by atoms with E-state index in [1.165, 1.54) is 13.3 Å². The van der Waals surface area contributed by atoms with E-state index >= 15 is 0 Å². The highest BCUT2D eigenvalue weighted by Crippen LogP contribution is 2.28. The van der Waals surface area contributed by atoms with Crippen molar-refractivity contribution in [2.24, 2.45) is 5.10 Å². The number of hydrazone groups is 1. The summed E-state index contributed by atoms with van der Waals surface area (Å²) in [5, 5.41) is 4.52. The second-order valence-electron chi connectivity index (χ2n) is 6.76. The number of amides is 1. The van der Waals surface area contributed by atoms with Crippen LogP contribution >= 0.6 is 27.5 Å². The molecule has 3 aromatic carbocycles. The molecule has 0 heterocycles. The number of carbonyl (C=O) groups is 2. The van der Waals surface area contributed by atoms with Crippen LogP contribution in [0.5, 0.6) is 17.2 Å². The summed E-state index contributed by atoms with van der Waals surface area (Å²) in [5.41, 5.74) is 3.45. The molecule has 3 rings (SSSR count). The maximum atomic E-state index is 12.4. The number of esters is 1. The average molecular weight is 532 g/mol. The summed E-state index contributed by atoms with van der Waals surface area (Å²) in [6.45, 7) is 1.61. The topological polar surface area (TPSA) is 86.2 Å². The molecule has 7 nitrogen and oxygen atoms in total. The lowest BCUT2D eigenvalue weighted by molar-refractivity contribution is -0.127. The number of rotatable bonds is 8. The quantitative estimate of drug-likeness (QED) is 0.186. The number of methoxy groups -OCH3 is 1. The van der Waals surface area contributed by atoms with Crippen molar-refractivity contribution in [1.82, 2.24) is 5.43 Å². The molecule has 0 radical (unpaired) electrons. The Kier molecular flexibility index (Phi) is 8.46. The molecule has 0 aromatic heterocycles. The van der Waals surface area contributed by atoms with Crippen LogP contribution in [0.15, 0.2) is 76.3 Å². The second-order valence-corrected chi connectivity index (χ2v) is 8.11. The molecular weight excluding hydrogens is 512 g/mol. The van der Waals surface area contributed by atoms with Crippen molar-refractivity contribution in [3.63, 3.8) is 0 Å². The van der Waals surface area contributed by atoms with Crippen LogP contribution in [0.3, 0.4) is 0 Å². The minimum Gasteiger partial charge on any atom is -0.493 e. The zero-order chi connectivity index (χ0) is 23.8. The number of benzene rings is 3. The van der Waals surface area contributed by atoms with E-state index in [9.17, 15) is 9.59 Å². The van der Waals surface area contributed by atoms with Gasteiger partial charge in [-0.3, -0.25) is 4.79 Å². The molecule has 0 aliphatic heterocycles. The highest BCUT2D eigenvalue weighted by molar-refractivity contribution is 9.10. The minimum atomic E-state index is -0.766. The first-order chi connectivity index (χ1) is 15.9. The first kappa shape index (κ1) is 24.3. The van der Waals surface area contributed by atoms with Crippen LogP contribution in [0.2, 0.25) is 5.02 Å². The third-order valence-corrected chi connectivity index (χ3v) is 5.08. The van der Waals surface area contributed by atoms with Crippen LogP contribution in [0.25, 0.3) is 0 Å². The fourth-order valence-electron chi connectivity index (χ4n) is 2.66. The molecule has 1 N–H and O–H groups in total. The Bertz CT molecular complexity index is 1170. The molecule has 0 aliphatic carbocycles. The molecule has 0 unspecified atom stereocenters. The number of hydrogen-bond donors (Lipinski definition) is 1. The molecular formula is C24H20BrClN2O5. The molecule has 0 saturated heterocycles. The number of nitrogens with zero attached hydrogens (tertiary/aromatic N) is 1. The van der Waals surface area contributed by atoms with Gasteiger partial charge in [-0.2, -0.15) is 5.10 Å². The first-order valence-corrected chi connectivity index (χ1v) is 10.9. The largest absolute Gasteiger partial charge is 0.493 e. The van der Waals surface area contributed by atoms with Crippen molar-refractivity contribution in [2.45, 2.75) is 13.0 Å². The van der Waals surface area contributed by atoms with Gasteiger partial charge in [0.15, 0.2) is 17.6 Å². The van der Waals surface area contributed by atoms with E-state index in [-0.39, 0.29) is 5.75 Å². The lowest BCUT2D eigenvalue weighted by Gasteiger charge is -2.13. The average Bonchev–Trinajstić information content (AvgIpc) is 2.81. The van der Waals surface area contributed by atoms with Crippen LogP contribution in [0.1, 0.15) is 22.8 Å². The summed E-state index contributed by atoms with van der Waals surface area (Å²) in [6.07, 6.45) is 0.674. The van der Waals surface area contributed by atoms with Gasteiger partial charge in [0.1, 0.15) is 5.75 Å². The lowest BCUT2D eigenvalue weighted by Crippen LogP contribution is -2.33. The highest BCUT2D eigenvalue weighted by Gasteiger charge is 2.15. The molecule has 0 fully saturated rings. The van der Waals surface area contributed by atoms with E-state index < -0.39 is 18.0 Å². The SMILES string of the molecule is COc1cc(/C=N\NC(=O)[C@@H](C)Oc2ccc(Cl)cc2)ccc1OC(=O)c1cccc(Br)c1. The van der Waals surface area contributed by atoms with Gasteiger partial charge in [-0.05, 0) is 73.2 Å². The molecule has 0 spiro atoms. The molecule has 0 bridgehead atoms. The van der Waals surface area contributed by atoms with E-state index in [1.54, 1.807) is 67.6 Å². The zero-order valence-corrected chi connectivity index (χ0v) is 20.1. The van der Waals surface area contributed by atoms with Gasteiger partial charge in [0.2, 0.25) is 0 Å². The fourth-order valence-corrected chi connectivity index (χ4v) is 3.18. The Morgan fingerprint density at radius 2 is 1.82 bits per heavy atom. The molecule has 0 saturated carbocycles. The predicted octanol–water partition coefficient (Wildman–Crippen LogP) is 5.25. The maximum absolute atomic E-state index is 12.4. The molecule has 3 aromatic rings. The summed E-state index contributed by atoms with van der Waals surface area (Å²) in [4.78, 5) is 24.6. The zero-order valence-electron chi connectivity index (χ0n) is 17.7. The predicted molar refractivity (Wildman–Crippen MR) is 129 cm³/mol. The minimum absolute atomic E-state index is 0.258. The van der Waals surface area contributed by atoms with Crippen molar-refractivity contribution < 1.29 is 23.8 Å². The third kappa shape index (κ3) is 7.06. The summed E-state index contributed by atoms with van der Waals surface area (Å²) in [5.74, 6) is 0.177. The molecule has 1 atom stereocenters. The first-order valence-electron chi connectivity index (χ1n) is 9.76. The summed E-state index contributed by atoms with van der Waals surface area (Å²) >= 11 is 9.16. The van der Waals surface area contributed by atoms with E-state index in [2.05, 4.69) is 26.5 Å². The van der Waals surface area contributed by atoms with E-state index in [4.69, 9.17) is 25.8 Å². The van der Waals surface area contributed by atoms with Gasteiger partial charge in [-0.1, -0.05) is 33.6 Å². The fraction of sp³-hybridized carbons (Fsp3) is 0.125. The number of halogens is 2. The summed E-state index contributed by atoms with van der Waals surface area (Å²) < 4.78 is 17.1. The monoisotopic (exact) mass is 530 g/mol. The van der Waals surface area contributed by atoms with Crippen molar-refractivity contribution in [3.05, 3.63) is 87.4 Å². The summed E-state index contributed by atoms with van der Waals surface area (Å²) in [7, 11) is 1.46. The summed E-state index contributed by atoms with van der Waals surface area (Å²) in [6, 6.07) is 18.5. The second kappa shape index (κ2) is 11.5. The van der Waals surface area contributed by atoms with Crippen molar-refractivity contribution in [2.75, 3.05) is 7.11 Å². The van der Waals surface area contributed by atoms with Gasteiger partial charge in [-0.15, -0.1) is 0 Å². The standard InChI is InChI=1S/C24H20BrClN2O5/c1-15(32-20-9-7-19(26)8-10-20)23(29)28-27-14-16-6-11-21(22(12-16)31-2)33-24(30)17-4-3-5-18(25)13-17/h3-15H,1-2H3,(H,28,29)/b27-14-/t15-/m1/s1. The van der Waals surface area contributed by atoms with Crippen molar-refractivity contribution in [1.29, 1.82) is 0 Å². The number of nitrogens with one attached hydrogen (secondary N) is 1.